The predicted octanol–water partition coefficient (Wildman–Crippen LogP) is 3.03. The van der Waals surface area contributed by atoms with Crippen molar-refractivity contribution in [2.75, 3.05) is 6.61 Å². The molecular weight excluding hydrogens is 322 g/mol. The number of amides is 1. The zero-order valence-electron chi connectivity index (χ0n) is 13.9. The molecule has 1 aromatic carbocycles. The van der Waals surface area contributed by atoms with E-state index in [4.69, 9.17) is 13.6 Å². The second-order valence-corrected chi connectivity index (χ2v) is 5.64. The van der Waals surface area contributed by atoms with Gasteiger partial charge in [0.1, 0.15) is 17.1 Å². The van der Waals surface area contributed by atoms with Crippen LogP contribution in [-0.4, -0.2) is 12.5 Å². The first kappa shape index (κ1) is 16.8. The summed E-state index contributed by atoms with van der Waals surface area (Å²) in [7, 11) is 0. The van der Waals surface area contributed by atoms with Crippen molar-refractivity contribution in [2.24, 2.45) is 0 Å². The van der Waals surface area contributed by atoms with Gasteiger partial charge < -0.3 is 18.9 Å². The number of hydrogen-bond acceptors (Lipinski definition) is 5. The summed E-state index contributed by atoms with van der Waals surface area (Å²) in [5.41, 5.74) is 1.03. The molecule has 3 rings (SSSR count). The van der Waals surface area contributed by atoms with Gasteiger partial charge in [-0.15, -0.1) is 0 Å². The van der Waals surface area contributed by atoms with E-state index in [1.807, 2.05) is 6.07 Å². The summed E-state index contributed by atoms with van der Waals surface area (Å²) < 4.78 is 15.9. The number of carbonyl (C=O) groups is 1. The van der Waals surface area contributed by atoms with E-state index in [-0.39, 0.29) is 18.1 Å². The summed E-state index contributed by atoms with van der Waals surface area (Å²) in [4.78, 5) is 23.5. The molecule has 0 saturated carbocycles. The molecule has 0 bridgehead atoms. The molecule has 0 saturated heterocycles. The van der Waals surface area contributed by atoms with Crippen LogP contribution in [0.3, 0.4) is 0 Å². The van der Waals surface area contributed by atoms with Gasteiger partial charge in [0.2, 0.25) is 0 Å². The molecule has 0 unspecified atom stereocenters. The summed E-state index contributed by atoms with van der Waals surface area (Å²) in [5.74, 6) is 0.874. The maximum atomic E-state index is 11.8. The highest BCUT2D eigenvalue weighted by Gasteiger charge is 2.08. The normalized spacial score (nSPS) is 10.8. The van der Waals surface area contributed by atoms with Gasteiger partial charge >= 0.3 is 5.63 Å². The van der Waals surface area contributed by atoms with Crippen LogP contribution in [0.2, 0.25) is 0 Å². The van der Waals surface area contributed by atoms with E-state index in [2.05, 4.69) is 12.2 Å². The van der Waals surface area contributed by atoms with Gasteiger partial charge in [-0.25, -0.2) is 4.79 Å². The van der Waals surface area contributed by atoms with Gasteiger partial charge in [-0.05, 0) is 36.2 Å². The Morgan fingerprint density at radius 1 is 1.24 bits per heavy atom. The number of aryl methyl sites for hydroxylation is 1. The van der Waals surface area contributed by atoms with Crippen molar-refractivity contribution >= 4 is 16.9 Å². The number of nitrogens with one attached hydrogen (secondary N) is 1. The highest BCUT2D eigenvalue weighted by Crippen LogP contribution is 2.23. The molecule has 0 atom stereocenters. The molecule has 0 aliphatic carbocycles. The Kier molecular flexibility index (Phi) is 5.18. The third-order valence-electron chi connectivity index (χ3n) is 3.73. The summed E-state index contributed by atoms with van der Waals surface area (Å²) >= 11 is 0. The Morgan fingerprint density at radius 3 is 2.88 bits per heavy atom. The van der Waals surface area contributed by atoms with Crippen LogP contribution in [0.15, 0.2) is 56.3 Å². The van der Waals surface area contributed by atoms with E-state index in [9.17, 15) is 9.59 Å². The molecule has 3 aromatic rings. The maximum Gasteiger partial charge on any atom is 0.336 e. The van der Waals surface area contributed by atoms with E-state index in [1.54, 1.807) is 30.5 Å². The molecule has 130 valence electrons. The molecule has 0 fully saturated rings. The SMILES string of the molecule is CCCc1cc(=O)oc2cc(OCC(=O)NCc3ccco3)ccc12. The van der Waals surface area contributed by atoms with Crippen molar-refractivity contribution in [3.8, 4) is 5.75 Å². The zero-order valence-corrected chi connectivity index (χ0v) is 13.9. The lowest BCUT2D eigenvalue weighted by Gasteiger charge is -2.08. The van der Waals surface area contributed by atoms with Crippen LogP contribution in [0, 0.1) is 0 Å². The number of hydrogen-bond donors (Lipinski definition) is 1. The van der Waals surface area contributed by atoms with Crippen molar-refractivity contribution in [1.82, 2.24) is 5.32 Å². The molecule has 6 nitrogen and oxygen atoms in total. The maximum absolute atomic E-state index is 11.8. The van der Waals surface area contributed by atoms with Crippen molar-refractivity contribution in [2.45, 2.75) is 26.3 Å². The Morgan fingerprint density at radius 2 is 2.12 bits per heavy atom. The number of rotatable bonds is 7. The zero-order chi connectivity index (χ0) is 17.6. The first-order valence-corrected chi connectivity index (χ1v) is 8.14. The first-order valence-electron chi connectivity index (χ1n) is 8.14. The summed E-state index contributed by atoms with van der Waals surface area (Å²) in [6.45, 7) is 2.23. The molecular formula is C19H19NO5. The van der Waals surface area contributed by atoms with Gasteiger partial charge in [0, 0.05) is 17.5 Å². The quantitative estimate of drug-likeness (QED) is 0.668. The predicted molar refractivity (Wildman–Crippen MR) is 92.5 cm³/mol. The number of carbonyl (C=O) groups excluding carboxylic acids is 1. The fourth-order valence-corrected chi connectivity index (χ4v) is 2.57. The molecule has 0 radical (unpaired) electrons. The van der Waals surface area contributed by atoms with Gasteiger partial charge in [0.25, 0.3) is 5.91 Å². The topological polar surface area (TPSA) is 81.7 Å². The van der Waals surface area contributed by atoms with E-state index in [0.29, 0.717) is 23.6 Å². The van der Waals surface area contributed by atoms with Crippen LogP contribution in [-0.2, 0) is 17.8 Å². The summed E-state index contributed by atoms with van der Waals surface area (Å²) in [6, 6.07) is 10.3. The Balaban J connectivity index is 1.65. The Labute approximate surface area is 144 Å². The monoisotopic (exact) mass is 341 g/mol. The molecule has 2 heterocycles. The lowest BCUT2D eigenvalue weighted by atomic mass is 10.1. The highest BCUT2D eigenvalue weighted by atomic mass is 16.5. The fraction of sp³-hybridized carbons (Fsp3) is 0.263. The molecule has 6 heteroatoms. The summed E-state index contributed by atoms with van der Waals surface area (Å²) in [6.07, 6.45) is 3.29. The van der Waals surface area contributed by atoms with Gasteiger partial charge in [-0.3, -0.25) is 4.79 Å². The Hall–Kier alpha value is -3.02. The molecule has 0 aliphatic heterocycles. The summed E-state index contributed by atoms with van der Waals surface area (Å²) in [5, 5.41) is 3.58. The molecule has 0 aliphatic rings. The number of furan rings is 1. The third-order valence-corrected chi connectivity index (χ3v) is 3.73. The van der Waals surface area contributed by atoms with Crippen LogP contribution in [0.1, 0.15) is 24.7 Å². The molecule has 1 amide bonds. The molecule has 1 N–H and O–H groups in total. The van der Waals surface area contributed by atoms with E-state index < -0.39 is 0 Å². The van der Waals surface area contributed by atoms with Crippen molar-refractivity contribution in [1.29, 1.82) is 0 Å². The average molecular weight is 341 g/mol. The minimum atomic E-state index is -0.385. The van der Waals surface area contributed by atoms with Crippen LogP contribution in [0.4, 0.5) is 0 Å². The number of fused-ring (bicyclic) bond motifs is 1. The largest absolute Gasteiger partial charge is 0.484 e. The number of benzene rings is 1. The van der Waals surface area contributed by atoms with Crippen LogP contribution in [0.5, 0.6) is 5.75 Å². The van der Waals surface area contributed by atoms with Gasteiger partial charge in [-0.1, -0.05) is 13.3 Å². The molecule has 2 aromatic heterocycles. The highest BCUT2D eigenvalue weighted by molar-refractivity contribution is 5.82. The Bertz CT molecular complexity index is 911. The second-order valence-electron chi connectivity index (χ2n) is 5.64. The molecule has 25 heavy (non-hydrogen) atoms. The second kappa shape index (κ2) is 7.70. The minimum Gasteiger partial charge on any atom is -0.484 e. The smallest absolute Gasteiger partial charge is 0.336 e. The first-order chi connectivity index (χ1) is 12.2. The van der Waals surface area contributed by atoms with Crippen molar-refractivity contribution in [3.05, 3.63) is 64.4 Å². The van der Waals surface area contributed by atoms with Crippen LogP contribution in [0.25, 0.3) is 11.0 Å². The van der Waals surface area contributed by atoms with Crippen molar-refractivity contribution in [3.63, 3.8) is 0 Å². The number of ether oxygens (including phenoxy) is 1. The van der Waals surface area contributed by atoms with Crippen LogP contribution < -0.4 is 15.7 Å². The minimum absolute atomic E-state index is 0.134. The average Bonchev–Trinajstić information content (AvgIpc) is 3.11. The van der Waals surface area contributed by atoms with Gasteiger partial charge in [0.15, 0.2) is 6.61 Å². The van der Waals surface area contributed by atoms with Gasteiger partial charge in [-0.2, -0.15) is 0 Å². The lowest BCUT2D eigenvalue weighted by molar-refractivity contribution is -0.123. The van der Waals surface area contributed by atoms with Gasteiger partial charge in [0.05, 0.1) is 12.8 Å². The molecule has 0 spiro atoms. The van der Waals surface area contributed by atoms with E-state index >= 15 is 0 Å². The van der Waals surface area contributed by atoms with Crippen LogP contribution >= 0.6 is 0 Å². The van der Waals surface area contributed by atoms with E-state index in [1.165, 1.54) is 6.07 Å². The van der Waals surface area contributed by atoms with Crippen molar-refractivity contribution < 1.29 is 18.4 Å². The standard InChI is InChI=1S/C19H19NO5/c1-2-4-13-9-19(22)25-17-10-14(6-7-16(13)17)24-12-18(21)20-11-15-5-3-8-23-15/h3,5-10H,2,4,11-12H2,1H3,(H,20,21). The lowest BCUT2D eigenvalue weighted by Crippen LogP contribution is -2.28. The van der Waals surface area contributed by atoms with E-state index in [0.717, 1.165) is 23.8 Å². The fourth-order valence-electron chi connectivity index (χ4n) is 2.57. The third kappa shape index (κ3) is 4.29.